The Labute approximate surface area is 65.1 Å². The molecule has 1 aliphatic rings. The molecule has 0 aromatic rings. The third-order valence-corrected chi connectivity index (χ3v) is 1.77. The zero-order valence-corrected chi connectivity index (χ0v) is 6.56. The fourth-order valence-electron chi connectivity index (χ4n) is 0.918. The molecule has 3 heteroatoms. The van der Waals surface area contributed by atoms with Gasteiger partial charge in [-0.05, 0) is 19.9 Å². The second-order valence-electron chi connectivity index (χ2n) is 2.61. The van der Waals surface area contributed by atoms with E-state index in [-0.39, 0.29) is 11.5 Å². The Hall–Kier alpha value is -1.38. The minimum absolute atomic E-state index is 0.154. The van der Waals surface area contributed by atoms with Crippen molar-refractivity contribution in [3.63, 3.8) is 0 Å². The average molecular weight is 150 g/mol. The molecule has 0 radical (unpaired) electrons. The van der Waals surface area contributed by atoms with Crippen LogP contribution in [0.15, 0.2) is 22.9 Å². The summed E-state index contributed by atoms with van der Waals surface area (Å²) in [6.07, 6.45) is 1.54. The second-order valence-corrected chi connectivity index (χ2v) is 2.61. The van der Waals surface area contributed by atoms with Gasteiger partial charge in [0.05, 0.1) is 11.4 Å². The van der Waals surface area contributed by atoms with Crippen molar-refractivity contribution in [2.24, 2.45) is 5.73 Å². The van der Waals surface area contributed by atoms with E-state index in [0.29, 0.717) is 16.9 Å². The molecule has 11 heavy (non-hydrogen) atoms. The molecule has 1 rings (SSSR count). The first-order chi connectivity index (χ1) is 5.04. The SMILES string of the molecule is CC1=CC(=N)C(C)=C(N)C1=O. The molecule has 58 valence electrons. The molecular formula is C8H10N2O. The molecule has 0 heterocycles. The van der Waals surface area contributed by atoms with E-state index in [1.165, 1.54) is 6.08 Å². The molecule has 0 aliphatic heterocycles. The van der Waals surface area contributed by atoms with Crippen molar-refractivity contribution in [3.05, 3.63) is 22.9 Å². The molecular weight excluding hydrogens is 140 g/mol. The number of nitrogens with two attached hydrogens (primary N) is 1. The highest BCUT2D eigenvalue weighted by Gasteiger charge is 2.18. The standard InChI is InChI=1S/C8H10N2O/c1-4-3-6(9)5(2)7(10)8(4)11/h3,9H,10H2,1-2H3. The summed E-state index contributed by atoms with van der Waals surface area (Å²) in [6, 6.07) is 0. The fraction of sp³-hybridized carbons (Fsp3) is 0.250. The molecule has 0 spiro atoms. The Morgan fingerprint density at radius 1 is 1.45 bits per heavy atom. The summed E-state index contributed by atoms with van der Waals surface area (Å²) in [4.78, 5) is 11.1. The first-order valence-corrected chi connectivity index (χ1v) is 3.32. The molecule has 0 aromatic carbocycles. The minimum atomic E-state index is -0.154. The number of nitrogens with one attached hydrogen (secondary N) is 1. The van der Waals surface area contributed by atoms with E-state index in [1.54, 1.807) is 13.8 Å². The Morgan fingerprint density at radius 2 is 2.00 bits per heavy atom. The van der Waals surface area contributed by atoms with Gasteiger partial charge in [-0.1, -0.05) is 0 Å². The molecule has 0 unspecified atom stereocenters. The smallest absolute Gasteiger partial charge is 0.204 e. The Kier molecular flexibility index (Phi) is 1.64. The maximum atomic E-state index is 11.1. The van der Waals surface area contributed by atoms with Crippen molar-refractivity contribution in [3.8, 4) is 0 Å². The van der Waals surface area contributed by atoms with Crippen LogP contribution in [-0.4, -0.2) is 11.5 Å². The highest BCUT2D eigenvalue weighted by Crippen LogP contribution is 2.14. The second kappa shape index (κ2) is 2.34. The van der Waals surface area contributed by atoms with Crippen molar-refractivity contribution in [1.29, 1.82) is 5.41 Å². The molecule has 0 bridgehead atoms. The highest BCUT2D eigenvalue weighted by atomic mass is 16.1. The lowest BCUT2D eigenvalue weighted by molar-refractivity contribution is -0.112. The summed E-state index contributed by atoms with van der Waals surface area (Å²) >= 11 is 0. The first-order valence-electron chi connectivity index (χ1n) is 3.32. The number of Topliss-reactive ketones (excluding diaryl/α,β-unsaturated/α-hetero) is 1. The van der Waals surface area contributed by atoms with Crippen LogP contribution in [-0.2, 0) is 4.79 Å². The van der Waals surface area contributed by atoms with Gasteiger partial charge in [0.15, 0.2) is 0 Å². The van der Waals surface area contributed by atoms with Gasteiger partial charge in [-0.25, -0.2) is 0 Å². The number of hydrogen-bond acceptors (Lipinski definition) is 3. The van der Waals surface area contributed by atoms with E-state index in [9.17, 15) is 4.79 Å². The quantitative estimate of drug-likeness (QED) is 0.501. The van der Waals surface area contributed by atoms with Gasteiger partial charge in [-0.15, -0.1) is 0 Å². The van der Waals surface area contributed by atoms with Gasteiger partial charge in [0.2, 0.25) is 5.78 Å². The summed E-state index contributed by atoms with van der Waals surface area (Å²) in [7, 11) is 0. The lowest BCUT2D eigenvalue weighted by Crippen LogP contribution is -2.21. The Morgan fingerprint density at radius 3 is 2.55 bits per heavy atom. The molecule has 0 atom stereocenters. The number of hydrogen-bond donors (Lipinski definition) is 2. The van der Waals surface area contributed by atoms with E-state index in [4.69, 9.17) is 11.1 Å². The largest absolute Gasteiger partial charge is 0.395 e. The van der Waals surface area contributed by atoms with Gasteiger partial charge in [0, 0.05) is 11.1 Å². The van der Waals surface area contributed by atoms with Crippen LogP contribution < -0.4 is 5.73 Å². The Bertz CT molecular complexity index is 297. The maximum Gasteiger partial charge on any atom is 0.204 e. The van der Waals surface area contributed by atoms with Gasteiger partial charge in [-0.2, -0.15) is 0 Å². The molecule has 0 aromatic heterocycles. The van der Waals surface area contributed by atoms with E-state index < -0.39 is 0 Å². The molecule has 0 saturated carbocycles. The van der Waals surface area contributed by atoms with Gasteiger partial charge in [-0.3, -0.25) is 4.79 Å². The van der Waals surface area contributed by atoms with Crippen LogP contribution in [0.1, 0.15) is 13.8 Å². The summed E-state index contributed by atoms with van der Waals surface area (Å²) in [5.41, 5.74) is 7.10. The number of ketones is 1. The third-order valence-electron chi connectivity index (χ3n) is 1.77. The first kappa shape index (κ1) is 7.72. The van der Waals surface area contributed by atoms with Crippen molar-refractivity contribution in [2.45, 2.75) is 13.8 Å². The van der Waals surface area contributed by atoms with Crippen LogP contribution in [0.3, 0.4) is 0 Å². The van der Waals surface area contributed by atoms with Crippen LogP contribution in [0.5, 0.6) is 0 Å². The molecule has 0 amide bonds. The minimum Gasteiger partial charge on any atom is -0.395 e. The lowest BCUT2D eigenvalue weighted by Gasteiger charge is -2.11. The van der Waals surface area contributed by atoms with E-state index in [1.807, 2.05) is 0 Å². The van der Waals surface area contributed by atoms with Gasteiger partial charge in [0.25, 0.3) is 0 Å². The number of carbonyl (C=O) groups is 1. The number of carbonyl (C=O) groups excluding carboxylic acids is 1. The van der Waals surface area contributed by atoms with Crippen LogP contribution in [0, 0.1) is 5.41 Å². The maximum absolute atomic E-state index is 11.1. The molecule has 0 saturated heterocycles. The van der Waals surface area contributed by atoms with Crippen LogP contribution in [0.2, 0.25) is 0 Å². The van der Waals surface area contributed by atoms with Crippen LogP contribution in [0.25, 0.3) is 0 Å². The average Bonchev–Trinajstić information content (AvgIpc) is 1.97. The van der Waals surface area contributed by atoms with E-state index in [2.05, 4.69) is 0 Å². The van der Waals surface area contributed by atoms with Crippen molar-refractivity contribution in [2.75, 3.05) is 0 Å². The third kappa shape index (κ3) is 1.09. The highest BCUT2D eigenvalue weighted by molar-refractivity contribution is 6.22. The van der Waals surface area contributed by atoms with Gasteiger partial charge < -0.3 is 11.1 Å². The summed E-state index contributed by atoms with van der Waals surface area (Å²) in [6.45, 7) is 3.34. The summed E-state index contributed by atoms with van der Waals surface area (Å²) in [5.74, 6) is -0.154. The summed E-state index contributed by atoms with van der Waals surface area (Å²) < 4.78 is 0. The van der Waals surface area contributed by atoms with Crippen molar-refractivity contribution < 1.29 is 4.79 Å². The summed E-state index contributed by atoms with van der Waals surface area (Å²) in [5, 5.41) is 7.38. The molecule has 3 N–H and O–H groups in total. The normalized spacial score (nSPS) is 18.9. The van der Waals surface area contributed by atoms with Gasteiger partial charge >= 0.3 is 0 Å². The molecule has 0 fully saturated rings. The van der Waals surface area contributed by atoms with Crippen LogP contribution in [0.4, 0.5) is 0 Å². The Balaban J connectivity index is 3.19. The monoisotopic (exact) mass is 150 g/mol. The number of allylic oxidation sites excluding steroid dienone is 3. The zero-order chi connectivity index (χ0) is 8.59. The topological polar surface area (TPSA) is 66.9 Å². The van der Waals surface area contributed by atoms with Crippen LogP contribution >= 0.6 is 0 Å². The van der Waals surface area contributed by atoms with Crippen molar-refractivity contribution in [1.82, 2.24) is 0 Å². The fourth-order valence-corrected chi connectivity index (χ4v) is 0.918. The molecule has 3 nitrogen and oxygen atoms in total. The predicted molar refractivity (Wildman–Crippen MR) is 43.4 cm³/mol. The zero-order valence-electron chi connectivity index (χ0n) is 6.56. The lowest BCUT2D eigenvalue weighted by atomic mass is 9.96. The number of rotatable bonds is 0. The molecule has 1 aliphatic carbocycles. The van der Waals surface area contributed by atoms with Gasteiger partial charge in [0.1, 0.15) is 0 Å². The van der Waals surface area contributed by atoms with E-state index >= 15 is 0 Å². The predicted octanol–water partition coefficient (Wildman–Crippen LogP) is 0.768. The van der Waals surface area contributed by atoms with Crippen molar-refractivity contribution >= 4 is 11.5 Å². The van der Waals surface area contributed by atoms with E-state index in [0.717, 1.165) is 0 Å².